The second-order valence-corrected chi connectivity index (χ2v) is 15.7. The molecule has 0 saturated carbocycles. The molecule has 0 aliphatic heterocycles. The minimum Gasteiger partial charge on any atom is -0.285 e. The van der Waals surface area contributed by atoms with Crippen molar-refractivity contribution in [1.29, 1.82) is 0 Å². The van der Waals surface area contributed by atoms with Gasteiger partial charge < -0.3 is 0 Å². The van der Waals surface area contributed by atoms with Crippen LogP contribution in [0.1, 0.15) is 86.7 Å². The van der Waals surface area contributed by atoms with Crippen LogP contribution in [0, 0.1) is 0 Å². The number of carbonyl (C=O) groups excluding carboxylic acids is 5. The zero-order valence-electron chi connectivity index (χ0n) is 37.3. The number of rotatable bonds is 16. The van der Waals surface area contributed by atoms with Crippen LogP contribution < -0.4 is 0 Å². The number of hydrogen-bond donors (Lipinski definition) is 0. The van der Waals surface area contributed by atoms with Crippen molar-refractivity contribution in [2.75, 3.05) is 0 Å². The smallest absolute Gasteiger partial charge is 0.267 e. The lowest BCUT2D eigenvalue weighted by Gasteiger charge is -2.09. The molecule has 0 unspecified atom stereocenters. The van der Waals surface area contributed by atoms with Crippen molar-refractivity contribution >= 4 is 34.5 Å². The van der Waals surface area contributed by atoms with E-state index in [2.05, 4.69) is 43.1 Å². The van der Waals surface area contributed by atoms with Gasteiger partial charge in [0.1, 0.15) is 0 Å². The molecular formula is C59H38N6O5. The van der Waals surface area contributed by atoms with Gasteiger partial charge in [0.25, 0.3) is 5.78 Å². The molecule has 0 spiro atoms. The molecule has 0 radical (unpaired) electrons. The Bertz CT molecular complexity index is 3390. The van der Waals surface area contributed by atoms with Crippen LogP contribution in [0.15, 0.2) is 219 Å². The third-order valence-electron chi connectivity index (χ3n) is 11.2. The van der Waals surface area contributed by atoms with Gasteiger partial charge in [-0.05, 0) is 44.5 Å². The van der Waals surface area contributed by atoms with Gasteiger partial charge in [-0.1, -0.05) is 219 Å². The van der Waals surface area contributed by atoms with E-state index in [1.165, 1.54) is 0 Å². The standard InChI is InChI=1S/C59H38N6O5/c1-3-14-37(4-2)41-21-29-45(30-22-41)49(66)54-60-55(50(67)46-31-23-42(24-32-46)38-15-8-5-9-16-38)63-58(62-54)53(70)59-64-56(51(68)47-33-25-43(26-34-47)39-17-10-6-11-18-39)61-57(65-59)52(69)48-35-27-44(28-36-48)40-19-12-7-13-20-40/h3-36H,1-2H2. The SMILES string of the molecule is C=CC=C(C=C)c1ccc(C(=O)c2nc(C(=O)c3ccc(-c4ccccc4)cc3)nc(C(=O)c3nc(C(=O)c4ccc(-c5ccccc5)cc4)nc(C(=O)c4ccc(-c5ccccc5)cc4)n3)n2)cc1. The fourth-order valence-electron chi connectivity index (χ4n) is 7.53. The summed E-state index contributed by atoms with van der Waals surface area (Å²) in [4.78, 5) is 97.4. The average molecular weight is 911 g/mol. The molecule has 2 heterocycles. The van der Waals surface area contributed by atoms with Gasteiger partial charge in [-0.2, -0.15) is 0 Å². The molecule has 11 nitrogen and oxygen atoms in total. The number of allylic oxidation sites excluding steroid dienone is 4. The van der Waals surface area contributed by atoms with Gasteiger partial charge >= 0.3 is 0 Å². The summed E-state index contributed by atoms with van der Waals surface area (Å²) >= 11 is 0. The molecule has 0 aliphatic rings. The van der Waals surface area contributed by atoms with Gasteiger partial charge in [0.2, 0.25) is 58.1 Å². The van der Waals surface area contributed by atoms with Gasteiger partial charge in [-0.25, -0.2) is 29.9 Å². The summed E-state index contributed by atoms with van der Waals surface area (Å²) in [6, 6.07) is 55.3. The summed E-state index contributed by atoms with van der Waals surface area (Å²) in [5, 5.41) is 0. The monoisotopic (exact) mass is 910 g/mol. The molecule has 0 N–H and O–H groups in total. The molecule has 2 aromatic heterocycles. The number of benzene rings is 7. The van der Waals surface area contributed by atoms with E-state index in [4.69, 9.17) is 0 Å². The molecule has 9 rings (SSSR count). The van der Waals surface area contributed by atoms with Crippen LogP contribution in [0.3, 0.4) is 0 Å². The second-order valence-electron chi connectivity index (χ2n) is 15.7. The average Bonchev–Trinajstić information content (AvgIpc) is 3.44. The van der Waals surface area contributed by atoms with Gasteiger partial charge in [0, 0.05) is 22.3 Å². The zero-order valence-corrected chi connectivity index (χ0v) is 37.3. The highest BCUT2D eigenvalue weighted by molar-refractivity contribution is 6.13. The van der Waals surface area contributed by atoms with Gasteiger partial charge in [-0.15, -0.1) is 0 Å². The third kappa shape index (κ3) is 9.80. The molecule has 0 fully saturated rings. The Morgan fingerprint density at radius 1 is 0.286 bits per heavy atom. The summed E-state index contributed by atoms with van der Waals surface area (Å²) in [6.45, 7) is 7.59. The predicted octanol–water partition coefficient (Wildman–Crippen LogP) is 11.0. The number of ketones is 5. The Hall–Kier alpha value is -9.87. The number of hydrogen-bond acceptors (Lipinski definition) is 11. The Labute approximate surface area is 402 Å². The van der Waals surface area contributed by atoms with E-state index in [-0.39, 0.29) is 22.3 Å². The number of aromatic nitrogens is 6. The maximum absolute atomic E-state index is 14.7. The fraction of sp³-hybridized carbons (Fsp3) is 0. The fourth-order valence-corrected chi connectivity index (χ4v) is 7.53. The summed E-state index contributed by atoms with van der Waals surface area (Å²) < 4.78 is 0. The van der Waals surface area contributed by atoms with Gasteiger partial charge in [0.15, 0.2) is 0 Å². The first-order valence-corrected chi connectivity index (χ1v) is 21.9. The number of nitrogens with zero attached hydrogens (tertiary/aromatic N) is 6. The molecule has 0 aliphatic carbocycles. The van der Waals surface area contributed by atoms with Crippen molar-refractivity contribution in [2.24, 2.45) is 0 Å². The molecule has 334 valence electrons. The van der Waals surface area contributed by atoms with Crippen LogP contribution in [0.2, 0.25) is 0 Å². The van der Waals surface area contributed by atoms with E-state index in [1.54, 1.807) is 115 Å². The Morgan fingerprint density at radius 2 is 0.514 bits per heavy atom. The van der Waals surface area contributed by atoms with Crippen LogP contribution in [0.4, 0.5) is 0 Å². The maximum Gasteiger partial charge on any atom is 0.267 e. The molecule has 7 aromatic carbocycles. The van der Waals surface area contributed by atoms with E-state index >= 15 is 0 Å². The lowest BCUT2D eigenvalue weighted by atomic mass is 10.0. The van der Waals surface area contributed by atoms with Crippen molar-refractivity contribution < 1.29 is 24.0 Å². The highest BCUT2D eigenvalue weighted by atomic mass is 16.2. The highest BCUT2D eigenvalue weighted by Gasteiger charge is 2.29. The topological polar surface area (TPSA) is 163 Å². The van der Waals surface area contributed by atoms with Crippen LogP contribution >= 0.6 is 0 Å². The summed E-state index contributed by atoms with van der Waals surface area (Å²) in [6.07, 6.45) is 5.03. The molecule has 0 atom stereocenters. The highest BCUT2D eigenvalue weighted by Crippen LogP contribution is 2.25. The lowest BCUT2D eigenvalue weighted by Crippen LogP contribution is -2.23. The molecular weight excluding hydrogens is 873 g/mol. The molecule has 11 heteroatoms. The first-order chi connectivity index (χ1) is 34.2. The Balaban J connectivity index is 1.13. The van der Waals surface area contributed by atoms with Gasteiger partial charge in [-0.3, -0.25) is 24.0 Å². The van der Waals surface area contributed by atoms with Crippen molar-refractivity contribution in [3.63, 3.8) is 0 Å². The predicted molar refractivity (Wildman–Crippen MR) is 267 cm³/mol. The number of carbonyl (C=O) groups is 5. The van der Waals surface area contributed by atoms with E-state index in [1.807, 2.05) is 91.0 Å². The van der Waals surface area contributed by atoms with Crippen LogP contribution in [0.5, 0.6) is 0 Å². The summed E-state index contributed by atoms with van der Waals surface area (Å²) in [7, 11) is 0. The van der Waals surface area contributed by atoms with Crippen molar-refractivity contribution in [2.45, 2.75) is 0 Å². The van der Waals surface area contributed by atoms with Crippen molar-refractivity contribution in [3.05, 3.63) is 282 Å². The van der Waals surface area contributed by atoms with Gasteiger partial charge in [0.05, 0.1) is 0 Å². The maximum atomic E-state index is 14.7. The van der Waals surface area contributed by atoms with E-state index < -0.39 is 63.9 Å². The third-order valence-corrected chi connectivity index (χ3v) is 11.2. The zero-order chi connectivity index (χ0) is 48.6. The minimum atomic E-state index is -1.12. The minimum absolute atomic E-state index is 0.137. The molecule has 0 saturated heterocycles. The normalized spacial score (nSPS) is 11.1. The van der Waals surface area contributed by atoms with Crippen LogP contribution in [0.25, 0.3) is 39.0 Å². The lowest BCUT2D eigenvalue weighted by molar-refractivity contribution is 0.100. The Morgan fingerprint density at radius 3 is 0.771 bits per heavy atom. The molecule has 0 bridgehead atoms. The first kappa shape index (κ1) is 45.3. The van der Waals surface area contributed by atoms with E-state index in [9.17, 15) is 24.0 Å². The van der Waals surface area contributed by atoms with E-state index in [0.29, 0.717) is 0 Å². The van der Waals surface area contributed by atoms with Crippen molar-refractivity contribution in [1.82, 2.24) is 29.9 Å². The summed E-state index contributed by atoms with van der Waals surface area (Å²) in [5.41, 5.74) is 7.46. The van der Waals surface area contributed by atoms with Crippen LogP contribution in [-0.2, 0) is 0 Å². The summed E-state index contributed by atoms with van der Waals surface area (Å²) in [5.74, 6) is -7.44. The molecule has 9 aromatic rings. The first-order valence-electron chi connectivity index (χ1n) is 21.9. The van der Waals surface area contributed by atoms with E-state index in [0.717, 1.165) is 44.5 Å². The Kier molecular flexibility index (Phi) is 13.2. The second kappa shape index (κ2) is 20.3. The quantitative estimate of drug-likeness (QED) is 0.0669. The van der Waals surface area contributed by atoms with Crippen LogP contribution in [-0.4, -0.2) is 58.8 Å². The van der Waals surface area contributed by atoms with Crippen molar-refractivity contribution in [3.8, 4) is 33.4 Å². The molecule has 70 heavy (non-hydrogen) atoms. The largest absolute Gasteiger partial charge is 0.285 e. The molecule has 0 amide bonds.